The van der Waals surface area contributed by atoms with Gasteiger partial charge in [-0.2, -0.15) is 0 Å². The van der Waals surface area contributed by atoms with Gasteiger partial charge in [-0.25, -0.2) is 4.68 Å². The maximum absolute atomic E-state index is 11.0. The first-order valence-corrected chi connectivity index (χ1v) is 4.81. The van der Waals surface area contributed by atoms with Crippen LogP contribution in [0.5, 0.6) is 0 Å². The summed E-state index contributed by atoms with van der Waals surface area (Å²) in [7, 11) is 0. The highest BCUT2D eigenvalue weighted by molar-refractivity contribution is 5.75. The summed E-state index contributed by atoms with van der Waals surface area (Å²) >= 11 is 0. The van der Waals surface area contributed by atoms with Crippen molar-refractivity contribution in [3.63, 3.8) is 0 Å². The first kappa shape index (κ1) is 10.7. The Morgan fingerprint density at radius 1 is 1.64 bits per heavy atom. The van der Waals surface area contributed by atoms with E-state index in [2.05, 4.69) is 15.6 Å². The average molecular weight is 196 g/mol. The van der Waals surface area contributed by atoms with Crippen LogP contribution in [0.15, 0.2) is 6.20 Å². The Kier molecular flexibility index (Phi) is 3.62. The maximum atomic E-state index is 11.0. The lowest BCUT2D eigenvalue weighted by Gasteiger charge is -2.01. The van der Waals surface area contributed by atoms with E-state index in [9.17, 15) is 4.79 Å². The van der Waals surface area contributed by atoms with Crippen LogP contribution >= 0.6 is 0 Å². The monoisotopic (exact) mass is 196 g/mol. The van der Waals surface area contributed by atoms with Gasteiger partial charge in [0, 0.05) is 12.5 Å². The molecule has 0 bridgehead atoms. The van der Waals surface area contributed by atoms with Gasteiger partial charge in [0.05, 0.1) is 12.7 Å². The molecule has 0 aliphatic carbocycles. The smallest absolute Gasteiger partial charge is 0.220 e. The fraction of sp³-hybridized carbons (Fsp3) is 0.667. The van der Waals surface area contributed by atoms with Gasteiger partial charge in [-0.1, -0.05) is 12.1 Å². The van der Waals surface area contributed by atoms with Crippen LogP contribution in [0.3, 0.4) is 0 Å². The van der Waals surface area contributed by atoms with Gasteiger partial charge in [0.15, 0.2) is 0 Å². The molecule has 0 spiro atoms. The average Bonchev–Trinajstić information content (AvgIpc) is 2.62. The normalized spacial score (nSPS) is 10.6. The zero-order valence-electron chi connectivity index (χ0n) is 8.82. The number of nitrogens with one attached hydrogen (secondary N) is 1. The molecule has 1 aromatic heterocycles. The van der Waals surface area contributed by atoms with Gasteiger partial charge in [-0.3, -0.25) is 4.79 Å². The Bertz CT molecular complexity index is 306. The van der Waals surface area contributed by atoms with Crippen LogP contribution in [0.25, 0.3) is 0 Å². The molecule has 1 heterocycles. The molecule has 0 aliphatic heterocycles. The summed E-state index contributed by atoms with van der Waals surface area (Å²) in [6, 6.07) is 0.304. The van der Waals surface area contributed by atoms with Crippen molar-refractivity contribution in [3.05, 3.63) is 11.9 Å². The van der Waals surface area contributed by atoms with Crippen LogP contribution < -0.4 is 5.32 Å². The van der Waals surface area contributed by atoms with Crippen LogP contribution in [0.4, 0.5) is 0 Å². The molecule has 1 N–H and O–H groups in total. The van der Waals surface area contributed by atoms with Crippen LogP contribution in [0.2, 0.25) is 0 Å². The fourth-order valence-corrected chi connectivity index (χ4v) is 0.961. The molecule has 0 aromatic carbocycles. The quantitative estimate of drug-likeness (QED) is 0.777. The number of hydrogen-bond acceptors (Lipinski definition) is 3. The van der Waals surface area contributed by atoms with Gasteiger partial charge in [0.2, 0.25) is 5.91 Å². The molecule has 0 saturated carbocycles. The minimum atomic E-state index is 0.0316. The van der Waals surface area contributed by atoms with E-state index >= 15 is 0 Å². The van der Waals surface area contributed by atoms with E-state index in [1.165, 1.54) is 0 Å². The molecule has 1 rings (SSSR count). The highest BCUT2D eigenvalue weighted by atomic mass is 16.1. The molecule has 0 aliphatic rings. The SMILES string of the molecule is CCC(=O)NCc1cn(C(C)C)nn1. The second kappa shape index (κ2) is 4.74. The summed E-state index contributed by atoms with van der Waals surface area (Å²) in [5.41, 5.74) is 0.792. The lowest BCUT2D eigenvalue weighted by atomic mass is 10.4. The molecule has 0 atom stereocenters. The van der Waals surface area contributed by atoms with Crippen molar-refractivity contribution in [3.8, 4) is 0 Å². The zero-order valence-corrected chi connectivity index (χ0v) is 8.82. The Labute approximate surface area is 83.5 Å². The van der Waals surface area contributed by atoms with Crippen LogP contribution in [0, 0.1) is 0 Å². The Morgan fingerprint density at radius 2 is 2.36 bits per heavy atom. The maximum Gasteiger partial charge on any atom is 0.220 e. The molecule has 5 heteroatoms. The number of hydrogen-bond donors (Lipinski definition) is 1. The lowest BCUT2D eigenvalue weighted by molar-refractivity contribution is -0.120. The molecule has 0 unspecified atom stereocenters. The van der Waals surface area contributed by atoms with Gasteiger partial charge in [-0.15, -0.1) is 5.10 Å². The summed E-state index contributed by atoms with van der Waals surface area (Å²) in [6.45, 7) is 6.34. The van der Waals surface area contributed by atoms with E-state index in [4.69, 9.17) is 0 Å². The number of carbonyl (C=O) groups is 1. The van der Waals surface area contributed by atoms with Crippen molar-refractivity contribution in [2.45, 2.75) is 39.8 Å². The van der Waals surface area contributed by atoms with Crippen molar-refractivity contribution in [2.24, 2.45) is 0 Å². The Balaban J connectivity index is 2.48. The molecule has 78 valence electrons. The predicted molar refractivity (Wildman–Crippen MR) is 52.5 cm³/mol. The highest BCUT2D eigenvalue weighted by Gasteiger charge is 2.04. The first-order chi connectivity index (χ1) is 6.63. The molecular weight excluding hydrogens is 180 g/mol. The second-order valence-electron chi connectivity index (χ2n) is 3.41. The van der Waals surface area contributed by atoms with Crippen LogP contribution in [-0.4, -0.2) is 20.9 Å². The summed E-state index contributed by atoms with van der Waals surface area (Å²) in [6.07, 6.45) is 2.35. The second-order valence-corrected chi connectivity index (χ2v) is 3.41. The number of amides is 1. The van der Waals surface area contributed by atoms with Crippen LogP contribution in [0.1, 0.15) is 38.9 Å². The van der Waals surface area contributed by atoms with E-state index in [-0.39, 0.29) is 5.91 Å². The van der Waals surface area contributed by atoms with Crippen molar-refractivity contribution >= 4 is 5.91 Å². The zero-order chi connectivity index (χ0) is 10.6. The van der Waals surface area contributed by atoms with E-state index < -0.39 is 0 Å². The summed E-state index contributed by atoms with van der Waals surface area (Å²) in [5, 5.41) is 10.6. The number of aromatic nitrogens is 3. The number of rotatable bonds is 4. The van der Waals surface area contributed by atoms with E-state index in [0.29, 0.717) is 19.0 Å². The van der Waals surface area contributed by atoms with Gasteiger partial charge in [0.25, 0.3) is 0 Å². The van der Waals surface area contributed by atoms with Gasteiger partial charge in [0.1, 0.15) is 5.69 Å². The summed E-state index contributed by atoms with van der Waals surface area (Å²) < 4.78 is 1.77. The molecule has 0 fully saturated rings. The van der Waals surface area contributed by atoms with Crippen molar-refractivity contribution in [1.82, 2.24) is 20.3 Å². The summed E-state index contributed by atoms with van der Waals surface area (Å²) in [5.74, 6) is 0.0316. The van der Waals surface area contributed by atoms with Crippen molar-refractivity contribution < 1.29 is 4.79 Å². The van der Waals surface area contributed by atoms with Crippen LogP contribution in [-0.2, 0) is 11.3 Å². The predicted octanol–water partition coefficient (Wildman–Crippen LogP) is 0.885. The third-order valence-corrected chi connectivity index (χ3v) is 1.87. The van der Waals surface area contributed by atoms with Crippen molar-refractivity contribution in [1.29, 1.82) is 0 Å². The molecule has 5 nitrogen and oxygen atoms in total. The molecule has 0 radical (unpaired) electrons. The first-order valence-electron chi connectivity index (χ1n) is 4.81. The standard InChI is InChI=1S/C9H16N4O/c1-4-9(14)10-5-8-6-13(7(2)3)12-11-8/h6-7H,4-5H2,1-3H3,(H,10,14). The topological polar surface area (TPSA) is 59.8 Å². The molecule has 0 saturated heterocycles. The Morgan fingerprint density at radius 3 is 2.86 bits per heavy atom. The third kappa shape index (κ3) is 2.83. The molecule has 1 amide bonds. The highest BCUT2D eigenvalue weighted by Crippen LogP contribution is 2.01. The van der Waals surface area contributed by atoms with E-state index in [0.717, 1.165) is 5.69 Å². The lowest BCUT2D eigenvalue weighted by Crippen LogP contribution is -2.21. The van der Waals surface area contributed by atoms with Gasteiger partial charge in [-0.05, 0) is 13.8 Å². The number of carbonyl (C=O) groups excluding carboxylic acids is 1. The molecule has 14 heavy (non-hydrogen) atoms. The summed E-state index contributed by atoms with van der Waals surface area (Å²) in [4.78, 5) is 11.0. The molecular formula is C9H16N4O. The van der Waals surface area contributed by atoms with Gasteiger partial charge < -0.3 is 5.32 Å². The van der Waals surface area contributed by atoms with Crippen molar-refractivity contribution in [2.75, 3.05) is 0 Å². The fourth-order valence-electron chi connectivity index (χ4n) is 0.961. The van der Waals surface area contributed by atoms with E-state index in [1.54, 1.807) is 4.68 Å². The molecule has 1 aromatic rings. The third-order valence-electron chi connectivity index (χ3n) is 1.87. The number of nitrogens with zero attached hydrogens (tertiary/aromatic N) is 3. The minimum absolute atomic E-state index is 0.0316. The minimum Gasteiger partial charge on any atom is -0.350 e. The Hall–Kier alpha value is -1.39. The van der Waals surface area contributed by atoms with Gasteiger partial charge >= 0.3 is 0 Å². The van der Waals surface area contributed by atoms with E-state index in [1.807, 2.05) is 27.0 Å². The largest absolute Gasteiger partial charge is 0.350 e.